The summed E-state index contributed by atoms with van der Waals surface area (Å²) in [6.07, 6.45) is 6.86. The monoisotopic (exact) mass is 313 g/mol. The lowest BCUT2D eigenvalue weighted by atomic mass is 9.65. The molecule has 1 aliphatic carbocycles. The molecule has 0 radical (unpaired) electrons. The molecular weight excluding hydrogens is 294 g/mol. The van der Waals surface area contributed by atoms with Crippen LogP contribution in [0.15, 0.2) is 12.2 Å². The fourth-order valence-corrected chi connectivity index (χ4v) is 4.15. The number of halogens is 1. The van der Waals surface area contributed by atoms with Gasteiger partial charge in [-0.15, -0.1) is 11.6 Å². The third-order valence-electron chi connectivity index (χ3n) is 5.17. The summed E-state index contributed by atoms with van der Waals surface area (Å²) < 4.78 is 5.33. The quantitative estimate of drug-likeness (QED) is 0.465. The van der Waals surface area contributed by atoms with Crippen molar-refractivity contribution in [3.05, 3.63) is 12.2 Å². The number of aliphatic hydroxyl groups is 1. The maximum atomic E-state index is 12.2. The molecule has 3 rings (SSSR count). The molecule has 3 aliphatic rings. The first-order valence-electron chi connectivity index (χ1n) is 7.43. The molecule has 0 unspecified atom stereocenters. The second kappa shape index (κ2) is 4.99. The summed E-state index contributed by atoms with van der Waals surface area (Å²) >= 11 is 5.73. The zero-order valence-corrected chi connectivity index (χ0v) is 12.7. The van der Waals surface area contributed by atoms with Gasteiger partial charge in [-0.3, -0.25) is 4.79 Å². The summed E-state index contributed by atoms with van der Waals surface area (Å²) in [5, 5.41) is 13.7. The van der Waals surface area contributed by atoms with Gasteiger partial charge in [-0.1, -0.05) is 12.2 Å². The molecule has 0 aromatic heterocycles. The summed E-state index contributed by atoms with van der Waals surface area (Å²) in [5.41, 5.74) is -2.81. The van der Waals surface area contributed by atoms with Crippen LogP contribution in [0.4, 0.5) is 0 Å². The zero-order chi connectivity index (χ0) is 15.3. The Labute approximate surface area is 128 Å². The van der Waals surface area contributed by atoms with Gasteiger partial charge in [0.25, 0.3) is 0 Å². The highest BCUT2D eigenvalue weighted by Gasteiger charge is 2.76. The van der Waals surface area contributed by atoms with Gasteiger partial charge < -0.3 is 15.2 Å². The van der Waals surface area contributed by atoms with Crippen LogP contribution in [0.2, 0.25) is 0 Å². The Morgan fingerprint density at radius 1 is 1.52 bits per heavy atom. The van der Waals surface area contributed by atoms with Gasteiger partial charge in [0.2, 0.25) is 11.4 Å². The summed E-state index contributed by atoms with van der Waals surface area (Å²) in [6, 6.07) is 0. The SMILES string of the molecule is C[C@]1(O)[C@@H](CCCl)C(=O)N[C@]12C(=O)O[C@@H]2[C@H]1C=CCCC1. The minimum atomic E-state index is -1.48. The van der Waals surface area contributed by atoms with Crippen molar-refractivity contribution < 1.29 is 19.4 Å². The number of esters is 1. The maximum Gasteiger partial charge on any atom is 0.339 e. The second-order valence-corrected chi connectivity index (χ2v) is 6.70. The molecule has 2 N–H and O–H groups in total. The Morgan fingerprint density at radius 2 is 2.29 bits per heavy atom. The predicted octanol–water partition coefficient (Wildman–Crippen LogP) is 1.13. The number of nitrogens with one attached hydrogen (secondary N) is 1. The van der Waals surface area contributed by atoms with Gasteiger partial charge in [-0.05, 0) is 32.6 Å². The van der Waals surface area contributed by atoms with Crippen LogP contribution in [0.5, 0.6) is 0 Å². The van der Waals surface area contributed by atoms with Crippen LogP contribution in [-0.4, -0.2) is 40.1 Å². The number of allylic oxidation sites excluding steroid dienone is 1. The van der Waals surface area contributed by atoms with Crippen molar-refractivity contribution in [2.24, 2.45) is 11.8 Å². The highest BCUT2D eigenvalue weighted by Crippen LogP contribution is 2.50. The van der Waals surface area contributed by atoms with Gasteiger partial charge in [0.1, 0.15) is 11.7 Å². The third-order valence-corrected chi connectivity index (χ3v) is 5.39. The molecule has 1 spiro atoms. The van der Waals surface area contributed by atoms with E-state index in [1.165, 1.54) is 0 Å². The normalized spacial score (nSPS) is 45.4. The van der Waals surface area contributed by atoms with Gasteiger partial charge in [-0.25, -0.2) is 4.79 Å². The van der Waals surface area contributed by atoms with Crippen molar-refractivity contribution in [3.8, 4) is 0 Å². The van der Waals surface area contributed by atoms with Crippen LogP contribution in [0.1, 0.15) is 32.6 Å². The van der Waals surface area contributed by atoms with Crippen molar-refractivity contribution in [3.63, 3.8) is 0 Å². The van der Waals surface area contributed by atoms with Crippen LogP contribution in [-0.2, 0) is 14.3 Å². The number of ether oxygens (including phenoxy) is 1. The Morgan fingerprint density at radius 3 is 2.86 bits per heavy atom. The molecule has 21 heavy (non-hydrogen) atoms. The van der Waals surface area contributed by atoms with E-state index in [4.69, 9.17) is 16.3 Å². The van der Waals surface area contributed by atoms with Gasteiger partial charge in [0.15, 0.2) is 0 Å². The second-order valence-electron chi connectivity index (χ2n) is 6.32. The number of rotatable bonds is 3. The van der Waals surface area contributed by atoms with Crippen LogP contribution in [0.25, 0.3) is 0 Å². The molecule has 0 aromatic rings. The molecule has 1 amide bonds. The smallest absolute Gasteiger partial charge is 0.339 e. The van der Waals surface area contributed by atoms with Gasteiger partial charge in [-0.2, -0.15) is 0 Å². The number of hydrogen-bond donors (Lipinski definition) is 2. The minimum Gasteiger partial charge on any atom is -0.457 e. The topological polar surface area (TPSA) is 75.6 Å². The molecule has 2 aliphatic heterocycles. The largest absolute Gasteiger partial charge is 0.457 e. The Hall–Kier alpha value is -1.07. The van der Waals surface area contributed by atoms with E-state index in [1.54, 1.807) is 6.92 Å². The lowest BCUT2D eigenvalue weighted by molar-refractivity contribution is -0.225. The molecule has 5 atom stereocenters. The van der Waals surface area contributed by atoms with Crippen molar-refractivity contribution in [2.75, 3.05) is 5.88 Å². The van der Waals surface area contributed by atoms with Crippen LogP contribution in [0, 0.1) is 11.8 Å². The van der Waals surface area contributed by atoms with Crippen molar-refractivity contribution >= 4 is 23.5 Å². The van der Waals surface area contributed by atoms with E-state index in [0.717, 1.165) is 19.3 Å². The molecule has 2 heterocycles. The van der Waals surface area contributed by atoms with Crippen molar-refractivity contribution in [1.29, 1.82) is 0 Å². The Bertz CT molecular complexity index is 504. The number of carbonyl (C=O) groups is 2. The minimum absolute atomic E-state index is 0.0398. The van der Waals surface area contributed by atoms with Gasteiger partial charge in [0, 0.05) is 11.8 Å². The van der Waals surface area contributed by atoms with Crippen LogP contribution in [0.3, 0.4) is 0 Å². The molecular formula is C15H20ClNO4. The summed E-state index contributed by atoms with van der Waals surface area (Å²) in [5.74, 6) is -1.24. The fraction of sp³-hybridized carbons (Fsp3) is 0.733. The van der Waals surface area contributed by atoms with E-state index in [1.807, 2.05) is 6.08 Å². The number of cyclic esters (lactones) is 1. The Balaban J connectivity index is 1.94. The molecule has 5 nitrogen and oxygen atoms in total. The summed E-state index contributed by atoms with van der Waals surface area (Å²) in [7, 11) is 0. The van der Waals surface area contributed by atoms with E-state index >= 15 is 0 Å². The van der Waals surface area contributed by atoms with Crippen LogP contribution < -0.4 is 5.32 Å². The van der Waals surface area contributed by atoms with E-state index < -0.39 is 29.1 Å². The first kappa shape index (κ1) is 14.9. The van der Waals surface area contributed by atoms with E-state index in [2.05, 4.69) is 11.4 Å². The summed E-state index contributed by atoms with van der Waals surface area (Å²) in [6.45, 7) is 1.54. The third kappa shape index (κ3) is 1.87. The predicted molar refractivity (Wildman–Crippen MR) is 76.7 cm³/mol. The number of alkyl halides is 1. The zero-order valence-electron chi connectivity index (χ0n) is 12.0. The van der Waals surface area contributed by atoms with E-state index in [0.29, 0.717) is 6.42 Å². The lowest BCUT2D eigenvalue weighted by Gasteiger charge is -2.53. The maximum absolute atomic E-state index is 12.2. The first-order chi connectivity index (χ1) is 9.95. The molecule has 2 saturated heterocycles. The highest BCUT2D eigenvalue weighted by molar-refractivity contribution is 6.18. The number of carbonyl (C=O) groups excluding carboxylic acids is 2. The molecule has 116 valence electrons. The van der Waals surface area contributed by atoms with Crippen molar-refractivity contribution in [2.45, 2.75) is 49.9 Å². The average Bonchev–Trinajstić information content (AvgIpc) is 2.68. The molecule has 0 bridgehead atoms. The first-order valence-corrected chi connectivity index (χ1v) is 7.96. The number of amides is 1. The lowest BCUT2D eigenvalue weighted by Crippen LogP contribution is -2.79. The Kier molecular flexibility index (Phi) is 3.53. The average molecular weight is 314 g/mol. The van der Waals surface area contributed by atoms with Gasteiger partial charge in [0.05, 0.1) is 5.92 Å². The standard InChI is InChI=1S/C15H20ClNO4/c1-14(20)10(7-8-16)12(18)17-15(14)11(21-13(15)19)9-5-3-2-4-6-9/h3,5,9-11,20H,2,4,6-8H2,1H3,(H,17,18)/t9-,10-,11+,14-,15+/m0/s1. The van der Waals surface area contributed by atoms with Gasteiger partial charge >= 0.3 is 5.97 Å². The molecule has 2 fully saturated rings. The fourth-order valence-electron chi connectivity index (χ4n) is 3.93. The van der Waals surface area contributed by atoms with E-state index in [-0.39, 0.29) is 17.7 Å². The molecule has 0 saturated carbocycles. The number of hydrogen-bond acceptors (Lipinski definition) is 4. The summed E-state index contributed by atoms with van der Waals surface area (Å²) in [4.78, 5) is 24.4. The molecule has 6 heteroatoms. The van der Waals surface area contributed by atoms with E-state index in [9.17, 15) is 14.7 Å². The van der Waals surface area contributed by atoms with Crippen molar-refractivity contribution in [1.82, 2.24) is 5.32 Å². The molecule has 0 aromatic carbocycles. The highest BCUT2D eigenvalue weighted by atomic mass is 35.5. The van der Waals surface area contributed by atoms with Crippen LogP contribution >= 0.6 is 11.6 Å².